The number of nitrogens with two attached hydrogens (primary N) is 1. The number of rotatable bonds is 4. The molecule has 96 valence electrons. The van der Waals surface area contributed by atoms with Gasteiger partial charge in [-0.3, -0.25) is 8.89 Å². The summed E-state index contributed by atoms with van der Waals surface area (Å²) < 4.78 is 26.8. The van der Waals surface area contributed by atoms with Crippen molar-refractivity contribution < 1.29 is 8.60 Å². The van der Waals surface area contributed by atoms with Crippen LogP contribution in [0.3, 0.4) is 0 Å². The first-order valence-corrected chi connectivity index (χ1v) is 6.78. The zero-order chi connectivity index (χ0) is 13.1. The van der Waals surface area contributed by atoms with Crippen LogP contribution >= 0.6 is 0 Å². The summed E-state index contributed by atoms with van der Waals surface area (Å²) in [4.78, 5) is 0.427. The van der Waals surface area contributed by atoms with E-state index in [9.17, 15) is 8.60 Å². The molecule has 2 aromatic rings. The van der Waals surface area contributed by atoms with Gasteiger partial charge < -0.3 is 5.73 Å². The summed E-state index contributed by atoms with van der Waals surface area (Å²) in [7, 11) is 0.575. The van der Waals surface area contributed by atoms with Crippen molar-refractivity contribution in [3.63, 3.8) is 0 Å². The topological polar surface area (TPSA) is 60.9 Å². The number of nitrogen functional groups attached to an aromatic ring is 1. The third-order valence-electron chi connectivity index (χ3n) is 2.49. The van der Waals surface area contributed by atoms with E-state index in [0.717, 1.165) is 5.56 Å². The zero-order valence-electron chi connectivity index (χ0n) is 9.97. The second-order valence-corrected chi connectivity index (χ2v) is 5.61. The molecular formula is C12H14FN3OS. The normalized spacial score (nSPS) is 12.6. The molecule has 0 bridgehead atoms. The Balaban J connectivity index is 2.03. The van der Waals surface area contributed by atoms with Crippen LogP contribution in [0, 0.1) is 5.82 Å². The Labute approximate surface area is 107 Å². The van der Waals surface area contributed by atoms with E-state index < -0.39 is 16.6 Å². The van der Waals surface area contributed by atoms with E-state index in [1.54, 1.807) is 16.9 Å². The summed E-state index contributed by atoms with van der Waals surface area (Å²) in [5, 5.41) is 4.03. The van der Waals surface area contributed by atoms with Crippen molar-refractivity contribution in [2.24, 2.45) is 7.05 Å². The first-order chi connectivity index (χ1) is 8.54. The van der Waals surface area contributed by atoms with Crippen molar-refractivity contribution in [3.8, 4) is 0 Å². The molecule has 1 aromatic carbocycles. The third-order valence-corrected chi connectivity index (χ3v) is 3.83. The molecule has 0 spiro atoms. The standard InChI is InChI=1S/C12H14FN3OS/c1-16-8-9(7-15-16)2-3-18(17)12-5-10(13)4-11(14)6-12/h4-8H,2-3,14H2,1H3. The SMILES string of the molecule is Cn1cc(CCS(=O)c2cc(N)cc(F)c2)cn1. The first kappa shape index (κ1) is 12.8. The number of hydrogen-bond donors (Lipinski definition) is 1. The van der Waals surface area contributed by atoms with Gasteiger partial charge in [-0.2, -0.15) is 5.10 Å². The van der Waals surface area contributed by atoms with Gasteiger partial charge in [0.1, 0.15) is 5.82 Å². The highest BCUT2D eigenvalue weighted by Crippen LogP contribution is 2.15. The van der Waals surface area contributed by atoms with Crippen LogP contribution in [0.1, 0.15) is 5.56 Å². The fourth-order valence-electron chi connectivity index (χ4n) is 1.65. The average molecular weight is 267 g/mol. The van der Waals surface area contributed by atoms with Gasteiger partial charge in [-0.05, 0) is 30.2 Å². The van der Waals surface area contributed by atoms with Crippen molar-refractivity contribution in [1.82, 2.24) is 9.78 Å². The largest absolute Gasteiger partial charge is 0.399 e. The second-order valence-electron chi connectivity index (χ2n) is 4.04. The molecule has 0 fully saturated rings. The first-order valence-electron chi connectivity index (χ1n) is 5.46. The Hall–Kier alpha value is -1.69. The highest BCUT2D eigenvalue weighted by Gasteiger charge is 2.07. The second kappa shape index (κ2) is 5.30. The molecule has 1 aromatic heterocycles. The van der Waals surface area contributed by atoms with Gasteiger partial charge in [-0.1, -0.05) is 0 Å². The zero-order valence-corrected chi connectivity index (χ0v) is 10.8. The summed E-state index contributed by atoms with van der Waals surface area (Å²) in [6.07, 6.45) is 4.24. The van der Waals surface area contributed by atoms with E-state index in [1.807, 2.05) is 13.2 Å². The minimum absolute atomic E-state index is 0.291. The molecule has 2 rings (SSSR count). The van der Waals surface area contributed by atoms with Crippen LogP contribution in [-0.4, -0.2) is 19.7 Å². The van der Waals surface area contributed by atoms with Crippen LogP contribution in [0.25, 0.3) is 0 Å². The predicted molar refractivity (Wildman–Crippen MR) is 69.0 cm³/mol. The average Bonchev–Trinajstić information content (AvgIpc) is 2.70. The number of anilines is 1. The highest BCUT2D eigenvalue weighted by atomic mass is 32.2. The number of halogens is 1. The molecule has 2 N–H and O–H groups in total. The molecule has 0 aliphatic carbocycles. The lowest BCUT2D eigenvalue weighted by Crippen LogP contribution is -2.02. The lowest BCUT2D eigenvalue weighted by Gasteiger charge is -2.03. The van der Waals surface area contributed by atoms with E-state index in [1.165, 1.54) is 12.1 Å². The molecule has 4 nitrogen and oxygen atoms in total. The molecule has 0 amide bonds. The molecule has 1 heterocycles. The van der Waals surface area contributed by atoms with Gasteiger partial charge >= 0.3 is 0 Å². The van der Waals surface area contributed by atoms with Gasteiger partial charge in [-0.25, -0.2) is 4.39 Å². The van der Waals surface area contributed by atoms with Crippen molar-refractivity contribution in [2.75, 3.05) is 11.5 Å². The van der Waals surface area contributed by atoms with Crippen LogP contribution in [-0.2, 0) is 24.3 Å². The molecule has 0 aliphatic rings. The molecule has 1 atom stereocenters. The van der Waals surface area contributed by atoms with Gasteiger partial charge in [0, 0.05) is 29.6 Å². The Morgan fingerprint density at radius 3 is 2.83 bits per heavy atom. The Kier molecular flexibility index (Phi) is 3.76. The molecule has 0 saturated carbocycles. The van der Waals surface area contributed by atoms with E-state index in [0.29, 0.717) is 22.8 Å². The predicted octanol–water partition coefficient (Wildman–Crippen LogP) is 1.49. The van der Waals surface area contributed by atoms with Gasteiger partial charge in [0.15, 0.2) is 0 Å². The molecule has 0 aliphatic heterocycles. The summed E-state index contributed by atoms with van der Waals surface area (Å²) in [6, 6.07) is 4.01. The maximum absolute atomic E-state index is 13.1. The lowest BCUT2D eigenvalue weighted by atomic mass is 10.3. The van der Waals surface area contributed by atoms with E-state index in [2.05, 4.69) is 5.10 Å². The maximum Gasteiger partial charge on any atom is 0.126 e. The van der Waals surface area contributed by atoms with Crippen LogP contribution in [0.2, 0.25) is 0 Å². The monoisotopic (exact) mass is 267 g/mol. The van der Waals surface area contributed by atoms with E-state index in [-0.39, 0.29) is 0 Å². The molecule has 1 unspecified atom stereocenters. The molecule has 0 radical (unpaired) electrons. The Morgan fingerprint density at radius 2 is 2.22 bits per heavy atom. The van der Waals surface area contributed by atoms with Crippen molar-refractivity contribution >= 4 is 16.5 Å². The van der Waals surface area contributed by atoms with Crippen molar-refractivity contribution in [3.05, 3.63) is 42.0 Å². The van der Waals surface area contributed by atoms with Crippen molar-refractivity contribution in [2.45, 2.75) is 11.3 Å². The molecule has 18 heavy (non-hydrogen) atoms. The number of hydrogen-bond acceptors (Lipinski definition) is 3. The van der Waals surface area contributed by atoms with Gasteiger partial charge in [0.25, 0.3) is 0 Å². The molecule has 6 heteroatoms. The summed E-state index contributed by atoms with van der Waals surface area (Å²) in [5.74, 6) is -0.0334. The minimum Gasteiger partial charge on any atom is -0.399 e. The number of nitrogens with zero attached hydrogens (tertiary/aromatic N) is 2. The van der Waals surface area contributed by atoms with Crippen LogP contribution in [0.4, 0.5) is 10.1 Å². The van der Waals surface area contributed by atoms with Crippen LogP contribution in [0.15, 0.2) is 35.5 Å². The maximum atomic E-state index is 13.1. The highest BCUT2D eigenvalue weighted by molar-refractivity contribution is 7.85. The Bertz CT molecular complexity index is 562. The van der Waals surface area contributed by atoms with Crippen LogP contribution < -0.4 is 5.73 Å². The fourth-order valence-corrected chi connectivity index (χ4v) is 2.81. The van der Waals surface area contributed by atoms with Gasteiger partial charge in [0.05, 0.1) is 17.0 Å². The van der Waals surface area contributed by atoms with E-state index in [4.69, 9.17) is 5.73 Å². The lowest BCUT2D eigenvalue weighted by molar-refractivity contribution is 0.623. The smallest absolute Gasteiger partial charge is 0.126 e. The Morgan fingerprint density at radius 1 is 1.44 bits per heavy atom. The molecule has 0 saturated heterocycles. The van der Waals surface area contributed by atoms with Crippen LogP contribution in [0.5, 0.6) is 0 Å². The third kappa shape index (κ3) is 3.16. The summed E-state index contributed by atoms with van der Waals surface area (Å²) in [5.41, 5.74) is 6.82. The molecular weight excluding hydrogens is 253 g/mol. The summed E-state index contributed by atoms with van der Waals surface area (Å²) >= 11 is 0. The van der Waals surface area contributed by atoms with Gasteiger partial charge in [0.2, 0.25) is 0 Å². The van der Waals surface area contributed by atoms with Crippen molar-refractivity contribution in [1.29, 1.82) is 0 Å². The minimum atomic E-state index is -1.25. The number of aryl methyl sites for hydroxylation is 2. The number of benzene rings is 1. The quantitative estimate of drug-likeness (QED) is 0.854. The van der Waals surface area contributed by atoms with E-state index >= 15 is 0 Å². The number of aromatic nitrogens is 2. The van der Waals surface area contributed by atoms with Gasteiger partial charge in [-0.15, -0.1) is 0 Å². The fraction of sp³-hybridized carbons (Fsp3) is 0.250. The summed E-state index contributed by atoms with van der Waals surface area (Å²) in [6.45, 7) is 0.